The van der Waals surface area contributed by atoms with Gasteiger partial charge in [0.25, 0.3) is 5.69 Å². The summed E-state index contributed by atoms with van der Waals surface area (Å²) >= 11 is 0. The summed E-state index contributed by atoms with van der Waals surface area (Å²) < 4.78 is 19.5. The number of nitrogens with zero attached hydrogens (tertiary/aromatic N) is 1. The first-order chi connectivity index (χ1) is 22.4. The zero-order valence-electron chi connectivity index (χ0n) is 28.8. The molecule has 0 bridgehead atoms. The summed E-state index contributed by atoms with van der Waals surface area (Å²) in [6, 6.07) is 8.84. The second kappa shape index (κ2) is 19.4. The first kappa shape index (κ1) is 40.7. The van der Waals surface area contributed by atoms with Crippen LogP contribution in [0, 0.1) is 10.1 Å². The van der Waals surface area contributed by atoms with Crippen LogP contribution in [0.5, 0.6) is 0 Å². The van der Waals surface area contributed by atoms with Gasteiger partial charge in [0.05, 0.1) is 41.6 Å². The van der Waals surface area contributed by atoms with Gasteiger partial charge in [0, 0.05) is 32.2 Å². The van der Waals surface area contributed by atoms with E-state index in [0.717, 1.165) is 0 Å². The van der Waals surface area contributed by atoms with Crippen molar-refractivity contribution in [1.82, 2.24) is 10.6 Å². The van der Waals surface area contributed by atoms with Crippen LogP contribution in [0.1, 0.15) is 75.1 Å². The third-order valence-corrected chi connectivity index (χ3v) is 5.76. The number of anilines is 3. The van der Waals surface area contributed by atoms with Crippen molar-refractivity contribution in [2.45, 2.75) is 65.6 Å². The summed E-state index contributed by atoms with van der Waals surface area (Å²) in [4.78, 5) is 56.5. The quantitative estimate of drug-likeness (QED) is 0.0466. The number of hydrogen-bond donors (Lipinski definition) is 5. The Morgan fingerprint density at radius 2 is 1.12 bits per heavy atom. The number of nitro groups is 1. The molecule has 0 unspecified atom stereocenters. The van der Waals surface area contributed by atoms with Gasteiger partial charge in [-0.05, 0) is 84.7 Å². The third-order valence-electron chi connectivity index (χ3n) is 5.76. The lowest BCUT2D eigenvalue weighted by molar-refractivity contribution is -0.384. The topological polar surface area (TPSA) is 222 Å². The van der Waals surface area contributed by atoms with Gasteiger partial charge in [-0.25, -0.2) is 19.2 Å². The summed E-state index contributed by atoms with van der Waals surface area (Å²) in [6.07, 6.45) is 0.232. The highest BCUT2D eigenvalue weighted by molar-refractivity contribution is 5.92. The van der Waals surface area contributed by atoms with Gasteiger partial charge in [-0.1, -0.05) is 0 Å². The van der Waals surface area contributed by atoms with Crippen LogP contribution in [-0.4, -0.2) is 80.6 Å². The number of carbonyl (C=O) groups excluding carboxylic acids is 4. The average molecular weight is 677 g/mol. The monoisotopic (exact) mass is 676 g/mol. The number of nitrogens with one attached hydrogen (secondary N) is 4. The molecule has 6 N–H and O–H groups in total. The SMILES string of the molecule is COC(=O)c1ccc(N)c(NCCCNC(=O)OC(C)(C)C)c1.COC(=O)c1ccc([N+](=O)[O-])c(NCCCNC(=O)OC(C)(C)C)c1. The van der Waals surface area contributed by atoms with E-state index in [2.05, 4.69) is 30.7 Å². The minimum absolute atomic E-state index is 0.146. The summed E-state index contributed by atoms with van der Waals surface area (Å²) in [5.41, 5.74) is 6.68. The van der Waals surface area contributed by atoms with Gasteiger partial charge < -0.3 is 45.9 Å². The second-order valence-electron chi connectivity index (χ2n) is 12.2. The molecular weight excluding hydrogens is 628 g/mol. The van der Waals surface area contributed by atoms with Crippen molar-refractivity contribution in [3.05, 3.63) is 57.6 Å². The Hall–Kier alpha value is -5.28. The van der Waals surface area contributed by atoms with E-state index in [1.807, 2.05) is 20.8 Å². The molecule has 0 saturated heterocycles. The highest BCUT2D eigenvalue weighted by Gasteiger charge is 2.18. The molecule has 266 valence electrons. The number of carbonyl (C=O) groups is 4. The van der Waals surface area contributed by atoms with Gasteiger partial charge in [-0.3, -0.25) is 10.1 Å². The van der Waals surface area contributed by atoms with Crippen LogP contribution in [-0.2, 0) is 18.9 Å². The van der Waals surface area contributed by atoms with Gasteiger partial charge >= 0.3 is 24.1 Å². The first-order valence-corrected chi connectivity index (χ1v) is 15.1. The van der Waals surface area contributed by atoms with E-state index in [1.165, 1.54) is 32.4 Å². The normalized spacial score (nSPS) is 10.8. The van der Waals surface area contributed by atoms with Gasteiger partial charge in [0.2, 0.25) is 0 Å². The molecule has 48 heavy (non-hydrogen) atoms. The lowest BCUT2D eigenvalue weighted by atomic mass is 10.1. The van der Waals surface area contributed by atoms with Crippen LogP contribution in [0.4, 0.5) is 32.3 Å². The number of methoxy groups -OCH3 is 2. The smallest absolute Gasteiger partial charge is 0.407 e. The molecule has 2 amide bonds. The molecular formula is C32H48N6O10. The molecule has 0 fully saturated rings. The fourth-order valence-electron chi connectivity index (χ4n) is 3.67. The van der Waals surface area contributed by atoms with Gasteiger partial charge in [-0.2, -0.15) is 0 Å². The maximum atomic E-state index is 11.5. The van der Waals surface area contributed by atoms with E-state index in [0.29, 0.717) is 56.0 Å². The lowest BCUT2D eigenvalue weighted by Gasteiger charge is -2.19. The molecule has 16 nitrogen and oxygen atoms in total. The maximum absolute atomic E-state index is 11.5. The highest BCUT2D eigenvalue weighted by atomic mass is 16.6. The van der Waals surface area contributed by atoms with Crippen molar-refractivity contribution in [2.24, 2.45) is 0 Å². The number of nitro benzene ring substituents is 1. The molecule has 0 aliphatic carbocycles. The van der Waals surface area contributed by atoms with Gasteiger partial charge in [0.1, 0.15) is 16.9 Å². The molecule has 0 spiro atoms. The average Bonchev–Trinajstić information content (AvgIpc) is 2.99. The minimum Gasteiger partial charge on any atom is -0.465 e. The molecule has 2 rings (SSSR count). The van der Waals surface area contributed by atoms with E-state index in [4.69, 9.17) is 15.2 Å². The summed E-state index contributed by atoms with van der Waals surface area (Å²) in [7, 11) is 2.56. The molecule has 0 radical (unpaired) electrons. The number of alkyl carbamates (subject to hydrolysis) is 2. The van der Waals surface area contributed by atoms with Crippen molar-refractivity contribution >= 4 is 46.9 Å². The number of nitrogen functional groups attached to an aromatic ring is 1. The van der Waals surface area contributed by atoms with Crippen LogP contribution in [0.15, 0.2) is 36.4 Å². The lowest BCUT2D eigenvalue weighted by Crippen LogP contribution is -2.33. The Bertz CT molecular complexity index is 1400. The number of rotatable bonds is 13. The van der Waals surface area contributed by atoms with Crippen molar-refractivity contribution in [2.75, 3.05) is 56.8 Å². The summed E-state index contributed by atoms with van der Waals surface area (Å²) in [6.45, 7) is 12.5. The molecule has 0 aliphatic rings. The molecule has 0 aliphatic heterocycles. The Morgan fingerprint density at radius 1 is 0.708 bits per heavy atom. The van der Waals surface area contributed by atoms with E-state index in [9.17, 15) is 29.3 Å². The molecule has 0 aromatic heterocycles. The number of ether oxygens (including phenoxy) is 4. The fraction of sp³-hybridized carbons (Fsp3) is 0.500. The largest absolute Gasteiger partial charge is 0.465 e. The zero-order valence-corrected chi connectivity index (χ0v) is 28.8. The van der Waals surface area contributed by atoms with Crippen LogP contribution in [0.2, 0.25) is 0 Å². The van der Waals surface area contributed by atoms with E-state index >= 15 is 0 Å². The molecule has 0 saturated carbocycles. The standard InChI is InChI=1S/C16H23N3O6.C16H25N3O4/c1-16(2,3)25-15(21)18-9-5-8-17-12-10-11(14(20)24-4)6-7-13(12)19(22)23;1-16(2,3)23-15(21)19-9-5-8-18-13-10-11(14(20)22-4)6-7-12(13)17/h6-7,10,17H,5,8-9H2,1-4H3,(H,18,21);6-7,10,18H,5,8-9,17H2,1-4H3,(H,19,21). The van der Waals surface area contributed by atoms with Crippen LogP contribution in [0.25, 0.3) is 0 Å². The van der Waals surface area contributed by atoms with E-state index in [1.54, 1.807) is 39.0 Å². The van der Waals surface area contributed by atoms with Crippen LogP contribution >= 0.6 is 0 Å². The Morgan fingerprint density at radius 3 is 1.54 bits per heavy atom. The predicted octanol–water partition coefficient (Wildman–Crippen LogP) is 5.09. The number of hydrogen-bond acceptors (Lipinski definition) is 13. The first-order valence-electron chi connectivity index (χ1n) is 15.1. The maximum Gasteiger partial charge on any atom is 0.407 e. The van der Waals surface area contributed by atoms with Crippen molar-refractivity contribution in [3.8, 4) is 0 Å². The molecule has 0 atom stereocenters. The van der Waals surface area contributed by atoms with E-state index in [-0.39, 0.29) is 16.9 Å². The van der Waals surface area contributed by atoms with Crippen molar-refractivity contribution in [3.63, 3.8) is 0 Å². The number of esters is 2. The summed E-state index contributed by atoms with van der Waals surface area (Å²) in [5, 5.41) is 22.3. The van der Waals surface area contributed by atoms with Gasteiger partial charge in [-0.15, -0.1) is 0 Å². The van der Waals surface area contributed by atoms with E-state index < -0.39 is 40.3 Å². The fourth-order valence-corrected chi connectivity index (χ4v) is 3.67. The van der Waals surface area contributed by atoms with Crippen molar-refractivity contribution < 1.29 is 43.0 Å². The summed E-state index contributed by atoms with van der Waals surface area (Å²) in [5.74, 6) is -0.996. The minimum atomic E-state index is -0.579. The molecule has 16 heteroatoms. The third kappa shape index (κ3) is 16.3. The predicted molar refractivity (Wildman–Crippen MR) is 181 cm³/mol. The van der Waals surface area contributed by atoms with Gasteiger partial charge in [0.15, 0.2) is 0 Å². The molecule has 0 heterocycles. The van der Waals surface area contributed by atoms with Crippen molar-refractivity contribution in [1.29, 1.82) is 0 Å². The molecule has 2 aromatic carbocycles. The number of amides is 2. The van der Waals surface area contributed by atoms with Crippen LogP contribution in [0.3, 0.4) is 0 Å². The highest BCUT2D eigenvalue weighted by Crippen LogP contribution is 2.26. The second-order valence-corrected chi connectivity index (χ2v) is 12.2. The molecule has 2 aromatic rings. The Balaban J connectivity index is 0.000000482. The van der Waals surface area contributed by atoms with Crippen LogP contribution < -0.4 is 27.0 Å². The number of nitrogens with two attached hydrogens (primary N) is 1. The number of benzene rings is 2. The Labute approximate surface area is 280 Å². The Kier molecular flexibility index (Phi) is 16.5. The zero-order chi connectivity index (χ0) is 36.5.